The average molecular weight is 250 g/mol. The maximum atomic E-state index is 11.7. The molecule has 0 aliphatic rings. The van der Waals surface area contributed by atoms with Gasteiger partial charge in [0.2, 0.25) is 5.16 Å². The monoisotopic (exact) mass is 250 g/mol. The molecule has 0 saturated carbocycles. The molecule has 0 radical (unpaired) electrons. The summed E-state index contributed by atoms with van der Waals surface area (Å²) < 4.78 is 0. The van der Waals surface area contributed by atoms with Crippen LogP contribution in [0.5, 0.6) is 0 Å². The highest BCUT2D eigenvalue weighted by atomic mass is 32.2. The number of hydrogen-bond donors (Lipinski definition) is 2. The van der Waals surface area contributed by atoms with Crippen molar-refractivity contribution >= 4 is 17.5 Å². The van der Waals surface area contributed by atoms with Crippen LogP contribution in [0.15, 0.2) is 23.5 Å². The molecule has 0 bridgehead atoms. The standard InChI is InChI=1S/C11H14N4OS/c1-7(2)10-13-11(15-14-10)17-6-9(16)8-4-3-5-12-8/h3-5,7,12H,6H2,1-2H3,(H,13,14,15). The van der Waals surface area contributed by atoms with Crippen LogP contribution in [-0.4, -0.2) is 31.7 Å². The quantitative estimate of drug-likeness (QED) is 0.630. The van der Waals surface area contributed by atoms with Crippen molar-refractivity contribution in [2.45, 2.75) is 24.9 Å². The second-order valence-corrected chi connectivity index (χ2v) is 4.90. The Balaban J connectivity index is 1.91. The predicted molar refractivity (Wildman–Crippen MR) is 66.3 cm³/mol. The van der Waals surface area contributed by atoms with Crippen LogP contribution in [0.4, 0.5) is 0 Å². The SMILES string of the molecule is CC(C)c1nc(SCC(=O)c2ccc[nH]2)n[nH]1. The van der Waals surface area contributed by atoms with Gasteiger partial charge in [-0.2, -0.15) is 0 Å². The Labute approximate surface area is 103 Å². The molecular formula is C11H14N4OS. The van der Waals surface area contributed by atoms with Crippen molar-refractivity contribution in [2.24, 2.45) is 0 Å². The molecule has 2 aromatic rings. The number of nitrogens with one attached hydrogen (secondary N) is 2. The van der Waals surface area contributed by atoms with Crippen LogP contribution in [0.25, 0.3) is 0 Å². The Kier molecular flexibility index (Phi) is 3.63. The molecule has 2 heterocycles. The van der Waals surface area contributed by atoms with Crippen LogP contribution in [0.2, 0.25) is 0 Å². The molecule has 17 heavy (non-hydrogen) atoms. The van der Waals surface area contributed by atoms with Crippen molar-refractivity contribution in [3.8, 4) is 0 Å². The van der Waals surface area contributed by atoms with E-state index in [1.54, 1.807) is 12.3 Å². The van der Waals surface area contributed by atoms with E-state index in [0.29, 0.717) is 22.5 Å². The van der Waals surface area contributed by atoms with E-state index in [2.05, 4.69) is 20.2 Å². The fraction of sp³-hybridized carbons (Fsp3) is 0.364. The van der Waals surface area contributed by atoms with Crippen LogP contribution in [0, 0.1) is 0 Å². The van der Waals surface area contributed by atoms with Gasteiger partial charge >= 0.3 is 0 Å². The second-order valence-electron chi connectivity index (χ2n) is 3.95. The average Bonchev–Trinajstić information content (AvgIpc) is 2.97. The van der Waals surface area contributed by atoms with Gasteiger partial charge in [-0.3, -0.25) is 9.89 Å². The van der Waals surface area contributed by atoms with Gasteiger partial charge in [0.1, 0.15) is 5.82 Å². The maximum absolute atomic E-state index is 11.7. The zero-order valence-electron chi connectivity index (χ0n) is 9.73. The molecule has 5 nitrogen and oxygen atoms in total. The minimum absolute atomic E-state index is 0.0518. The van der Waals surface area contributed by atoms with Crippen LogP contribution < -0.4 is 0 Å². The van der Waals surface area contributed by atoms with Crippen LogP contribution in [-0.2, 0) is 0 Å². The predicted octanol–water partition coefficient (Wildman–Crippen LogP) is 2.23. The Morgan fingerprint density at radius 2 is 2.35 bits per heavy atom. The minimum Gasteiger partial charge on any atom is -0.359 e. The Morgan fingerprint density at radius 3 is 2.94 bits per heavy atom. The number of thioether (sulfide) groups is 1. The molecule has 0 unspecified atom stereocenters. The van der Waals surface area contributed by atoms with Gasteiger partial charge in [0.15, 0.2) is 5.78 Å². The zero-order valence-corrected chi connectivity index (χ0v) is 10.5. The molecular weight excluding hydrogens is 236 g/mol. The molecule has 0 fully saturated rings. The van der Waals surface area contributed by atoms with E-state index in [1.807, 2.05) is 19.9 Å². The summed E-state index contributed by atoms with van der Waals surface area (Å²) in [6, 6.07) is 3.57. The van der Waals surface area contributed by atoms with E-state index in [1.165, 1.54) is 11.8 Å². The molecule has 90 valence electrons. The van der Waals surface area contributed by atoms with E-state index in [0.717, 1.165) is 5.82 Å². The molecule has 2 N–H and O–H groups in total. The van der Waals surface area contributed by atoms with Crippen molar-refractivity contribution in [1.29, 1.82) is 0 Å². The second kappa shape index (κ2) is 5.18. The van der Waals surface area contributed by atoms with Crippen molar-refractivity contribution < 1.29 is 4.79 Å². The lowest BCUT2D eigenvalue weighted by atomic mass is 10.2. The zero-order chi connectivity index (χ0) is 12.3. The van der Waals surface area contributed by atoms with Gasteiger partial charge < -0.3 is 4.98 Å². The number of carbonyl (C=O) groups is 1. The number of ketones is 1. The number of aromatic amines is 2. The molecule has 0 atom stereocenters. The highest BCUT2D eigenvalue weighted by Gasteiger charge is 2.11. The summed E-state index contributed by atoms with van der Waals surface area (Å²) in [6.07, 6.45) is 1.74. The number of hydrogen-bond acceptors (Lipinski definition) is 4. The summed E-state index contributed by atoms with van der Waals surface area (Å²) in [6.45, 7) is 4.08. The first-order valence-electron chi connectivity index (χ1n) is 5.38. The summed E-state index contributed by atoms with van der Waals surface area (Å²) in [5, 5.41) is 7.54. The summed E-state index contributed by atoms with van der Waals surface area (Å²) in [7, 11) is 0. The van der Waals surface area contributed by atoms with Gasteiger partial charge in [0.25, 0.3) is 0 Å². The molecule has 0 amide bonds. The van der Waals surface area contributed by atoms with Gasteiger partial charge in [-0.25, -0.2) is 4.98 Å². The van der Waals surface area contributed by atoms with E-state index in [-0.39, 0.29) is 5.78 Å². The topological polar surface area (TPSA) is 74.4 Å². The van der Waals surface area contributed by atoms with Crippen molar-refractivity contribution in [3.05, 3.63) is 29.8 Å². The third-order valence-corrected chi connectivity index (χ3v) is 3.11. The molecule has 0 spiro atoms. The largest absolute Gasteiger partial charge is 0.359 e. The van der Waals surface area contributed by atoms with Crippen LogP contribution in [0.1, 0.15) is 36.1 Å². The molecule has 2 aromatic heterocycles. The van der Waals surface area contributed by atoms with E-state index < -0.39 is 0 Å². The number of Topliss-reactive ketones (excluding diaryl/α,β-unsaturated/α-hetero) is 1. The van der Waals surface area contributed by atoms with Crippen molar-refractivity contribution in [1.82, 2.24) is 20.2 Å². The van der Waals surface area contributed by atoms with Gasteiger partial charge in [0, 0.05) is 12.1 Å². The lowest BCUT2D eigenvalue weighted by Gasteiger charge is -1.96. The summed E-state index contributed by atoms with van der Waals surface area (Å²) in [5.74, 6) is 1.56. The van der Waals surface area contributed by atoms with Crippen LogP contribution >= 0.6 is 11.8 Å². The Hall–Kier alpha value is -1.56. The Morgan fingerprint density at radius 1 is 1.53 bits per heavy atom. The molecule has 2 rings (SSSR count). The molecule has 0 aromatic carbocycles. The highest BCUT2D eigenvalue weighted by Crippen LogP contribution is 2.17. The lowest BCUT2D eigenvalue weighted by molar-refractivity contribution is 0.101. The number of nitrogens with zero attached hydrogens (tertiary/aromatic N) is 2. The number of rotatable bonds is 5. The van der Waals surface area contributed by atoms with E-state index >= 15 is 0 Å². The molecule has 0 aliphatic carbocycles. The summed E-state index contributed by atoms with van der Waals surface area (Å²) >= 11 is 1.34. The number of H-pyrrole nitrogens is 2. The first-order chi connectivity index (χ1) is 8.16. The molecule has 0 aliphatic heterocycles. The Bertz CT molecular complexity index is 489. The first kappa shape index (κ1) is 11.9. The maximum Gasteiger partial charge on any atom is 0.208 e. The third-order valence-electron chi connectivity index (χ3n) is 2.26. The third kappa shape index (κ3) is 2.97. The summed E-state index contributed by atoms with van der Waals surface area (Å²) in [4.78, 5) is 18.9. The first-order valence-corrected chi connectivity index (χ1v) is 6.37. The minimum atomic E-state index is 0.0518. The van der Waals surface area contributed by atoms with Crippen molar-refractivity contribution in [2.75, 3.05) is 5.75 Å². The molecule has 6 heteroatoms. The number of carbonyl (C=O) groups excluding carboxylic acids is 1. The van der Waals surface area contributed by atoms with Gasteiger partial charge in [-0.15, -0.1) is 5.10 Å². The smallest absolute Gasteiger partial charge is 0.208 e. The van der Waals surface area contributed by atoms with Gasteiger partial charge in [-0.1, -0.05) is 25.6 Å². The van der Waals surface area contributed by atoms with Crippen LogP contribution in [0.3, 0.4) is 0 Å². The van der Waals surface area contributed by atoms with E-state index in [4.69, 9.17) is 0 Å². The fourth-order valence-electron chi connectivity index (χ4n) is 1.29. The van der Waals surface area contributed by atoms with Gasteiger partial charge in [-0.05, 0) is 12.1 Å². The van der Waals surface area contributed by atoms with Gasteiger partial charge in [0.05, 0.1) is 11.4 Å². The van der Waals surface area contributed by atoms with Crippen molar-refractivity contribution in [3.63, 3.8) is 0 Å². The normalized spacial score (nSPS) is 11.0. The summed E-state index contributed by atoms with van der Waals surface area (Å²) in [5.41, 5.74) is 0.622. The lowest BCUT2D eigenvalue weighted by Crippen LogP contribution is -2.02. The van der Waals surface area contributed by atoms with E-state index in [9.17, 15) is 4.79 Å². The highest BCUT2D eigenvalue weighted by molar-refractivity contribution is 7.99. The molecule has 0 saturated heterocycles. The fourth-order valence-corrected chi connectivity index (χ4v) is 1.98. The number of aromatic nitrogens is 4.